The minimum absolute atomic E-state index is 0.150. The van der Waals surface area contributed by atoms with Crippen LogP contribution < -0.4 is 14.8 Å². The standard InChI is InChI=1S/C22H31NO2/c1-3-5-6-10-17-24-21-15-13-19(14-16-21)23-18-20(4-2)25-22-11-8-7-9-12-22/h7-9,11-16,20,23H,3-6,10,17-18H2,1-2H3. The van der Waals surface area contributed by atoms with Gasteiger partial charge in [-0.2, -0.15) is 0 Å². The van der Waals surface area contributed by atoms with E-state index in [1.54, 1.807) is 0 Å². The van der Waals surface area contributed by atoms with Crippen LogP contribution in [0, 0.1) is 0 Å². The van der Waals surface area contributed by atoms with Crippen LogP contribution in [0.5, 0.6) is 11.5 Å². The lowest BCUT2D eigenvalue weighted by Crippen LogP contribution is -2.25. The molecule has 0 aliphatic rings. The van der Waals surface area contributed by atoms with Gasteiger partial charge in [-0.3, -0.25) is 0 Å². The van der Waals surface area contributed by atoms with E-state index >= 15 is 0 Å². The molecule has 2 aromatic rings. The van der Waals surface area contributed by atoms with E-state index in [4.69, 9.17) is 9.47 Å². The van der Waals surface area contributed by atoms with Gasteiger partial charge in [-0.15, -0.1) is 0 Å². The number of hydrogen-bond donors (Lipinski definition) is 1. The second-order valence-corrected chi connectivity index (χ2v) is 6.28. The smallest absolute Gasteiger partial charge is 0.119 e. The van der Waals surface area contributed by atoms with E-state index in [2.05, 4.69) is 31.3 Å². The van der Waals surface area contributed by atoms with Crippen molar-refractivity contribution >= 4 is 5.69 Å². The molecular weight excluding hydrogens is 310 g/mol. The van der Waals surface area contributed by atoms with Crippen molar-refractivity contribution in [3.05, 3.63) is 54.6 Å². The summed E-state index contributed by atoms with van der Waals surface area (Å²) < 4.78 is 11.8. The number of hydrogen-bond acceptors (Lipinski definition) is 3. The molecule has 0 saturated heterocycles. The van der Waals surface area contributed by atoms with Gasteiger partial charge in [0, 0.05) is 5.69 Å². The summed E-state index contributed by atoms with van der Waals surface area (Å²) in [6.07, 6.45) is 6.03. The Morgan fingerprint density at radius 3 is 2.28 bits per heavy atom. The van der Waals surface area contributed by atoms with Crippen LogP contribution in [0.2, 0.25) is 0 Å². The number of unbranched alkanes of at least 4 members (excludes halogenated alkanes) is 3. The minimum atomic E-state index is 0.150. The molecule has 2 aromatic carbocycles. The average Bonchev–Trinajstić information content (AvgIpc) is 2.66. The Morgan fingerprint density at radius 2 is 1.60 bits per heavy atom. The van der Waals surface area contributed by atoms with Gasteiger partial charge < -0.3 is 14.8 Å². The molecule has 3 heteroatoms. The van der Waals surface area contributed by atoms with Gasteiger partial charge in [-0.25, -0.2) is 0 Å². The SMILES string of the molecule is CCCCCCOc1ccc(NCC(CC)Oc2ccccc2)cc1. The highest BCUT2D eigenvalue weighted by atomic mass is 16.5. The highest BCUT2D eigenvalue weighted by Crippen LogP contribution is 2.17. The summed E-state index contributed by atoms with van der Waals surface area (Å²) in [5.74, 6) is 1.86. The first-order chi connectivity index (χ1) is 12.3. The maximum absolute atomic E-state index is 6.01. The van der Waals surface area contributed by atoms with Crippen molar-refractivity contribution in [2.24, 2.45) is 0 Å². The third-order valence-corrected chi connectivity index (χ3v) is 4.16. The molecule has 2 rings (SSSR count). The monoisotopic (exact) mass is 341 g/mol. The van der Waals surface area contributed by atoms with Crippen LogP contribution in [0.25, 0.3) is 0 Å². The largest absolute Gasteiger partial charge is 0.494 e. The summed E-state index contributed by atoms with van der Waals surface area (Å²) in [6.45, 7) is 5.95. The van der Waals surface area contributed by atoms with Crippen molar-refractivity contribution in [3.63, 3.8) is 0 Å². The fourth-order valence-corrected chi connectivity index (χ4v) is 2.58. The van der Waals surface area contributed by atoms with Gasteiger partial charge >= 0.3 is 0 Å². The van der Waals surface area contributed by atoms with Crippen LogP contribution in [-0.4, -0.2) is 19.3 Å². The van der Waals surface area contributed by atoms with Crippen LogP contribution in [0.1, 0.15) is 46.0 Å². The van der Waals surface area contributed by atoms with E-state index in [-0.39, 0.29) is 6.10 Å². The van der Waals surface area contributed by atoms with Crippen LogP contribution >= 0.6 is 0 Å². The Bertz CT molecular complexity index is 568. The zero-order valence-electron chi connectivity index (χ0n) is 15.5. The number of para-hydroxylation sites is 1. The molecular formula is C22H31NO2. The minimum Gasteiger partial charge on any atom is -0.494 e. The Labute approximate surface area is 152 Å². The van der Waals surface area contributed by atoms with Crippen molar-refractivity contribution in [2.75, 3.05) is 18.5 Å². The summed E-state index contributed by atoms with van der Waals surface area (Å²) in [5.41, 5.74) is 1.09. The first kappa shape index (κ1) is 19.2. The number of nitrogens with one attached hydrogen (secondary N) is 1. The van der Waals surface area contributed by atoms with Crippen LogP contribution in [0.4, 0.5) is 5.69 Å². The molecule has 0 heterocycles. The molecule has 0 aliphatic carbocycles. The number of ether oxygens (including phenoxy) is 2. The second kappa shape index (κ2) is 11.4. The molecule has 0 amide bonds. The lowest BCUT2D eigenvalue weighted by Gasteiger charge is -2.19. The Morgan fingerprint density at radius 1 is 0.840 bits per heavy atom. The highest BCUT2D eigenvalue weighted by molar-refractivity contribution is 5.46. The van der Waals surface area contributed by atoms with Crippen LogP contribution in [0.15, 0.2) is 54.6 Å². The molecule has 0 aliphatic heterocycles. The van der Waals surface area contributed by atoms with Gasteiger partial charge in [0.05, 0.1) is 13.2 Å². The molecule has 0 fully saturated rings. The Kier molecular flexibility index (Phi) is 8.74. The summed E-state index contributed by atoms with van der Waals surface area (Å²) in [4.78, 5) is 0. The van der Waals surface area contributed by atoms with E-state index in [9.17, 15) is 0 Å². The molecule has 0 bridgehead atoms. The van der Waals surface area contributed by atoms with Crippen LogP contribution in [-0.2, 0) is 0 Å². The number of benzene rings is 2. The predicted molar refractivity (Wildman–Crippen MR) is 106 cm³/mol. The third-order valence-electron chi connectivity index (χ3n) is 4.16. The van der Waals surface area contributed by atoms with Gasteiger partial charge in [0.25, 0.3) is 0 Å². The van der Waals surface area contributed by atoms with E-state index in [0.29, 0.717) is 0 Å². The molecule has 0 radical (unpaired) electrons. The summed E-state index contributed by atoms with van der Waals surface area (Å²) in [5, 5.41) is 3.45. The number of rotatable bonds is 12. The first-order valence-corrected chi connectivity index (χ1v) is 9.50. The Hall–Kier alpha value is -2.16. The third kappa shape index (κ3) is 7.51. The fraction of sp³-hybridized carbons (Fsp3) is 0.455. The van der Waals surface area contributed by atoms with Crippen molar-refractivity contribution in [3.8, 4) is 11.5 Å². The van der Waals surface area contributed by atoms with Crippen molar-refractivity contribution in [2.45, 2.75) is 52.1 Å². The first-order valence-electron chi connectivity index (χ1n) is 9.50. The zero-order chi connectivity index (χ0) is 17.7. The molecule has 1 atom stereocenters. The molecule has 25 heavy (non-hydrogen) atoms. The molecule has 0 spiro atoms. The van der Waals surface area contributed by atoms with Gasteiger partial charge in [0.15, 0.2) is 0 Å². The quantitative estimate of drug-likeness (QED) is 0.486. The van der Waals surface area contributed by atoms with Crippen molar-refractivity contribution < 1.29 is 9.47 Å². The fourth-order valence-electron chi connectivity index (χ4n) is 2.58. The van der Waals surface area contributed by atoms with Gasteiger partial charge in [0.1, 0.15) is 17.6 Å². The lowest BCUT2D eigenvalue weighted by atomic mass is 10.2. The summed E-state index contributed by atoms with van der Waals surface area (Å²) in [6, 6.07) is 18.2. The van der Waals surface area contributed by atoms with Crippen molar-refractivity contribution in [1.82, 2.24) is 0 Å². The molecule has 1 N–H and O–H groups in total. The molecule has 0 saturated carbocycles. The van der Waals surface area contributed by atoms with E-state index < -0.39 is 0 Å². The summed E-state index contributed by atoms with van der Waals surface area (Å²) in [7, 11) is 0. The molecule has 3 nitrogen and oxygen atoms in total. The predicted octanol–water partition coefficient (Wildman–Crippen LogP) is 5.92. The highest BCUT2D eigenvalue weighted by Gasteiger charge is 2.08. The molecule has 1 unspecified atom stereocenters. The van der Waals surface area contributed by atoms with E-state index in [1.807, 2.05) is 42.5 Å². The molecule has 0 aromatic heterocycles. The lowest BCUT2D eigenvalue weighted by molar-refractivity contribution is 0.210. The number of anilines is 1. The van der Waals surface area contributed by atoms with Gasteiger partial charge in [-0.1, -0.05) is 51.3 Å². The van der Waals surface area contributed by atoms with Gasteiger partial charge in [0.2, 0.25) is 0 Å². The van der Waals surface area contributed by atoms with E-state index in [1.165, 1.54) is 19.3 Å². The second-order valence-electron chi connectivity index (χ2n) is 6.28. The van der Waals surface area contributed by atoms with Crippen molar-refractivity contribution in [1.29, 1.82) is 0 Å². The summed E-state index contributed by atoms with van der Waals surface area (Å²) >= 11 is 0. The maximum Gasteiger partial charge on any atom is 0.119 e. The molecule has 136 valence electrons. The van der Waals surface area contributed by atoms with Gasteiger partial charge in [-0.05, 0) is 49.2 Å². The average molecular weight is 341 g/mol. The normalized spacial score (nSPS) is 11.8. The zero-order valence-corrected chi connectivity index (χ0v) is 15.5. The Balaban J connectivity index is 1.72. The van der Waals surface area contributed by atoms with E-state index in [0.717, 1.165) is 43.2 Å². The maximum atomic E-state index is 6.01. The van der Waals surface area contributed by atoms with Crippen LogP contribution in [0.3, 0.4) is 0 Å². The topological polar surface area (TPSA) is 30.5 Å².